The summed E-state index contributed by atoms with van der Waals surface area (Å²) in [5.41, 5.74) is 3.54. The van der Waals surface area contributed by atoms with Crippen molar-refractivity contribution in [3.8, 4) is 11.6 Å². The van der Waals surface area contributed by atoms with Crippen molar-refractivity contribution < 1.29 is 14.3 Å². The van der Waals surface area contributed by atoms with E-state index < -0.39 is 0 Å². The molecule has 43 heavy (non-hydrogen) atoms. The number of likely N-dealkylation sites (tertiary alicyclic amines) is 1. The Labute approximate surface area is 251 Å². The van der Waals surface area contributed by atoms with Gasteiger partial charge in [-0.2, -0.15) is 5.10 Å². The largest absolute Gasteiger partial charge is 0.474 e. The van der Waals surface area contributed by atoms with Crippen molar-refractivity contribution >= 4 is 34.2 Å². The first-order chi connectivity index (χ1) is 20.7. The Hall–Kier alpha value is -4.40. The van der Waals surface area contributed by atoms with E-state index in [-0.39, 0.29) is 28.9 Å². The zero-order chi connectivity index (χ0) is 29.8. The average molecular weight is 579 g/mol. The average Bonchev–Trinajstić information content (AvgIpc) is 3.91. The maximum atomic E-state index is 13.3. The summed E-state index contributed by atoms with van der Waals surface area (Å²) in [5.74, 6) is 1.44. The van der Waals surface area contributed by atoms with E-state index in [4.69, 9.17) is 9.84 Å². The molecule has 2 aromatic heterocycles. The van der Waals surface area contributed by atoms with Crippen LogP contribution in [-0.2, 0) is 10.2 Å². The third kappa shape index (κ3) is 5.44. The number of aryl methyl sites for hydroxylation is 1. The van der Waals surface area contributed by atoms with E-state index in [1.165, 1.54) is 0 Å². The van der Waals surface area contributed by atoms with Crippen LogP contribution >= 0.6 is 0 Å². The maximum absolute atomic E-state index is 13.3. The third-order valence-corrected chi connectivity index (χ3v) is 9.38. The second-order valence-corrected chi connectivity index (χ2v) is 13.0. The highest BCUT2D eigenvalue weighted by atomic mass is 16.5. The molecule has 1 aliphatic heterocycles. The molecule has 222 valence electrons. The molecule has 3 aliphatic rings. The number of carbonyl (C=O) groups excluding carboxylic acids is 2. The van der Waals surface area contributed by atoms with Crippen molar-refractivity contribution in [3.63, 3.8) is 0 Å². The molecule has 3 fully saturated rings. The lowest BCUT2D eigenvalue weighted by atomic mass is 10.0. The highest BCUT2D eigenvalue weighted by molar-refractivity contribution is 6.06. The lowest BCUT2D eigenvalue weighted by Crippen LogP contribution is -2.44. The monoisotopic (exact) mass is 578 g/mol. The summed E-state index contributed by atoms with van der Waals surface area (Å²) in [6.07, 6.45) is 7.35. The zero-order valence-corrected chi connectivity index (χ0v) is 25.0. The molecule has 2 N–H and O–H groups in total. The number of anilines is 2. The van der Waals surface area contributed by atoms with E-state index >= 15 is 0 Å². The van der Waals surface area contributed by atoms with Gasteiger partial charge in [0, 0.05) is 53.6 Å². The van der Waals surface area contributed by atoms with E-state index in [0.717, 1.165) is 66.2 Å². The molecule has 0 radical (unpaired) electrons. The summed E-state index contributed by atoms with van der Waals surface area (Å²) >= 11 is 0. The Balaban J connectivity index is 1.07. The van der Waals surface area contributed by atoms with Gasteiger partial charge in [0.15, 0.2) is 0 Å². The quantitative estimate of drug-likeness (QED) is 0.258. The van der Waals surface area contributed by atoms with E-state index in [9.17, 15) is 9.59 Å². The van der Waals surface area contributed by atoms with E-state index in [0.29, 0.717) is 30.5 Å². The SMILES string of the molecule is Cc1ccc(-n2nc(C3(C)CC3)cc2NC(=O)Nc2cnc(OC3CCN(C(=O)C4(C)CC4)CC3)c3ccccc23)cc1. The molecule has 2 saturated carbocycles. The van der Waals surface area contributed by atoms with E-state index in [1.54, 1.807) is 10.9 Å². The number of fused-ring (bicyclic) bond motifs is 1. The Bertz CT molecular complexity index is 1700. The standard InChI is InChI=1S/C34H38N6O3/c1-22-8-10-23(11-9-22)40-29(20-28(38-40)33(2)14-15-33)37-32(42)36-27-21-35-30(26-7-5-4-6-25(26)27)43-24-12-18-39(19-13-24)31(41)34(3)16-17-34/h4-11,20-21,24H,12-19H2,1-3H3,(H2,36,37,42). The molecular weight excluding hydrogens is 540 g/mol. The van der Waals surface area contributed by atoms with Crippen LogP contribution in [0.4, 0.5) is 16.3 Å². The highest BCUT2D eigenvalue weighted by Gasteiger charge is 2.47. The maximum Gasteiger partial charge on any atom is 0.324 e. The van der Waals surface area contributed by atoms with Crippen molar-refractivity contribution in [2.75, 3.05) is 23.7 Å². The van der Waals surface area contributed by atoms with E-state index in [2.05, 4.69) is 29.5 Å². The van der Waals surface area contributed by atoms with Gasteiger partial charge in [0.2, 0.25) is 11.8 Å². The third-order valence-electron chi connectivity index (χ3n) is 9.38. The summed E-state index contributed by atoms with van der Waals surface area (Å²) in [7, 11) is 0. The van der Waals surface area contributed by atoms with Gasteiger partial charge >= 0.3 is 6.03 Å². The van der Waals surface area contributed by atoms with Crippen molar-refractivity contribution in [3.05, 3.63) is 72.1 Å². The number of nitrogens with one attached hydrogen (secondary N) is 2. The summed E-state index contributed by atoms with van der Waals surface area (Å²) < 4.78 is 8.18. The Morgan fingerprint density at radius 2 is 1.63 bits per heavy atom. The Morgan fingerprint density at radius 1 is 0.930 bits per heavy atom. The summed E-state index contributed by atoms with van der Waals surface area (Å²) in [6, 6.07) is 17.5. The second kappa shape index (κ2) is 10.4. The van der Waals surface area contributed by atoms with Gasteiger partial charge in [-0.05, 0) is 50.8 Å². The number of ether oxygens (including phenoxy) is 1. The predicted molar refractivity (Wildman–Crippen MR) is 167 cm³/mol. The van der Waals surface area contributed by atoms with Gasteiger partial charge in [0.1, 0.15) is 11.9 Å². The number of piperidine rings is 1. The molecule has 2 aliphatic carbocycles. The first-order valence-corrected chi connectivity index (χ1v) is 15.3. The van der Waals surface area contributed by atoms with Gasteiger partial charge in [-0.25, -0.2) is 14.5 Å². The number of aromatic nitrogens is 3. The van der Waals surface area contributed by atoms with Gasteiger partial charge in [0.25, 0.3) is 0 Å². The predicted octanol–water partition coefficient (Wildman–Crippen LogP) is 6.59. The fourth-order valence-electron chi connectivity index (χ4n) is 5.84. The molecule has 9 nitrogen and oxygen atoms in total. The number of pyridine rings is 1. The lowest BCUT2D eigenvalue weighted by molar-refractivity contribution is -0.138. The normalized spacial score (nSPS) is 18.7. The fourth-order valence-corrected chi connectivity index (χ4v) is 5.84. The van der Waals surface area contributed by atoms with Gasteiger partial charge in [-0.15, -0.1) is 0 Å². The van der Waals surface area contributed by atoms with Crippen LogP contribution in [0.25, 0.3) is 16.5 Å². The molecule has 9 heteroatoms. The fraction of sp³-hybridized carbons (Fsp3) is 0.412. The van der Waals surface area contributed by atoms with Crippen LogP contribution in [0, 0.1) is 12.3 Å². The van der Waals surface area contributed by atoms with Gasteiger partial charge in [-0.1, -0.05) is 49.7 Å². The minimum atomic E-state index is -0.372. The highest BCUT2D eigenvalue weighted by Crippen LogP contribution is 2.48. The van der Waals surface area contributed by atoms with Crippen LogP contribution in [0.2, 0.25) is 0 Å². The smallest absolute Gasteiger partial charge is 0.324 e. The number of hydrogen-bond donors (Lipinski definition) is 2. The zero-order valence-electron chi connectivity index (χ0n) is 25.0. The molecule has 2 aromatic carbocycles. The molecule has 3 amide bonds. The number of carbonyl (C=O) groups is 2. The van der Waals surface area contributed by atoms with Crippen LogP contribution < -0.4 is 15.4 Å². The number of hydrogen-bond acceptors (Lipinski definition) is 5. The first kappa shape index (κ1) is 27.4. The molecular formula is C34H38N6O3. The van der Waals surface area contributed by atoms with Crippen molar-refractivity contribution in [2.24, 2.45) is 5.41 Å². The second-order valence-electron chi connectivity index (χ2n) is 13.0. The van der Waals surface area contributed by atoms with Crippen LogP contribution in [0.5, 0.6) is 5.88 Å². The van der Waals surface area contributed by atoms with Crippen molar-refractivity contribution in [2.45, 2.75) is 70.8 Å². The lowest BCUT2D eigenvalue weighted by Gasteiger charge is -2.33. The van der Waals surface area contributed by atoms with Gasteiger partial charge in [0.05, 0.1) is 23.3 Å². The summed E-state index contributed by atoms with van der Waals surface area (Å²) in [5, 5.41) is 12.6. The van der Waals surface area contributed by atoms with Crippen LogP contribution in [0.1, 0.15) is 63.6 Å². The molecule has 3 heterocycles. The first-order valence-electron chi connectivity index (χ1n) is 15.3. The molecule has 0 bridgehead atoms. The Kier molecular flexibility index (Phi) is 6.63. The van der Waals surface area contributed by atoms with E-state index in [1.807, 2.05) is 66.4 Å². The Morgan fingerprint density at radius 3 is 2.30 bits per heavy atom. The minimum Gasteiger partial charge on any atom is -0.474 e. The molecule has 0 atom stereocenters. The minimum absolute atomic E-state index is 0.0151. The number of amides is 3. The van der Waals surface area contributed by atoms with Crippen LogP contribution in [0.15, 0.2) is 60.8 Å². The topological polar surface area (TPSA) is 101 Å². The van der Waals surface area contributed by atoms with Crippen LogP contribution in [-0.4, -0.2) is 50.8 Å². The van der Waals surface area contributed by atoms with Crippen molar-refractivity contribution in [1.82, 2.24) is 19.7 Å². The van der Waals surface area contributed by atoms with Gasteiger partial charge < -0.3 is 15.0 Å². The number of urea groups is 1. The number of nitrogens with zero attached hydrogens (tertiary/aromatic N) is 4. The summed E-state index contributed by atoms with van der Waals surface area (Å²) in [4.78, 5) is 32.7. The molecule has 4 aromatic rings. The molecule has 0 spiro atoms. The molecule has 1 saturated heterocycles. The molecule has 7 rings (SSSR count). The summed E-state index contributed by atoms with van der Waals surface area (Å²) in [6.45, 7) is 7.73. The van der Waals surface area contributed by atoms with Crippen LogP contribution in [0.3, 0.4) is 0 Å². The van der Waals surface area contributed by atoms with Gasteiger partial charge in [-0.3, -0.25) is 10.1 Å². The van der Waals surface area contributed by atoms with Crippen molar-refractivity contribution in [1.29, 1.82) is 0 Å². The number of rotatable bonds is 7. The number of benzene rings is 2. The molecule has 0 unspecified atom stereocenters.